The van der Waals surface area contributed by atoms with Gasteiger partial charge in [-0.25, -0.2) is 0 Å². The topological polar surface area (TPSA) is 42.2 Å². The van der Waals surface area contributed by atoms with Crippen LogP contribution in [0.5, 0.6) is 0 Å². The molecule has 0 spiro atoms. The first-order valence-electron chi connectivity index (χ1n) is 4.59. The molecule has 1 unspecified atom stereocenters. The van der Waals surface area contributed by atoms with Crippen LogP contribution >= 0.6 is 0 Å². The Morgan fingerprint density at radius 2 is 2.29 bits per heavy atom. The molecule has 1 atom stereocenters. The Balaban J connectivity index is 2.18. The van der Waals surface area contributed by atoms with E-state index in [1.165, 1.54) is 0 Å². The van der Waals surface area contributed by atoms with E-state index in [1.54, 1.807) is 6.07 Å². The van der Waals surface area contributed by atoms with Crippen molar-refractivity contribution in [2.75, 3.05) is 19.8 Å². The molecule has 1 aromatic rings. The molecule has 1 fully saturated rings. The minimum absolute atomic E-state index is 0.0166. The van der Waals surface area contributed by atoms with Gasteiger partial charge in [0.1, 0.15) is 6.10 Å². The van der Waals surface area contributed by atoms with E-state index in [0.29, 0.717) is 25.4 Å². The van der Waals surface area contributed by atoms with E-state index < -0.39 is 0 Å². The number of benzene rings is 1. The molecule has 1 aliphatic rings. The molecule has 3 nitrogen and oxygen atoms in total. The van der Waals surface area contributed by atoms with E-state index in [4.69, 9.17) is 14.7 Å². The lowest BCUT2D eigenvalue weighted by Gasteiger charge is -2.23. The first-order chi connectivity index (χ1) is 6.90. The second kappa shape index (κ2) is 4.23. The van der Waals surface area contributed by atoms with Crippen LogP contribution < -0.4 is 0 Å². The molecule has 14 heavy (non-hydrogen) atoms. The van der Waals surface area contributed by atoms with Crippen LogP contribution in [0.4, 0.5) is 0 Å². The highest BCUT2D eigenvalue weighted by Gasteiger charge is 2.16. The van der Waals surface area contributed by atoms with Crippen LogP contribution in [-0.4, -0.2) is 19.8 Å². The molecule has 0 N–H and O–H groups in total. The number of nitrogens with zero attached hydrogens (tertiary/aromatic N) is 1. The van der Waals surface area contributed by atoms with E-state index in [1.807, 2.05) is 18.2 Å². The molecule has 0 amide bonds. The summed E-state index contributed by atoms with van der Waals surface area (Å²) in [7, 11) is 0. The normalized spacial score (nSPS) is 21.5. The van der Waals surface area contributed by atoms with Gasteiger partial charge in [0.05, 0.1) is 31.5 Å². The van der Waals surface area contributed by atoms with Crippen LogP contribution in [0.3, 0.4) is 0 Å². The lowest BCUT2D eigenvalue weighted by Crippen LogP contribution is -2.21. The van der Waals surface area contributed by atoms with Crippen molar-refractivity contribution >= 4 is 0 Å². The standard InChI is InChI=1S/C11H11NO2/c12-7-9-2-1-3-10(6-9)11-8-13-4-5-14-11/h1-3,6,11H,4-5,8H2. The van der Waals surface area contributed by atoms with Gasteiger partial charge in [0.25, 0.3) is 0 Å². The summed E-state index contributed by atoms with van der Waals surface area (Å²) in [5.41, 5.74) is 1.68. The molecule has 0 radical (unpaired) electrons. The van der Waals surface area contributed by atoms with E-state index in [-0.39, 0.29) is 6.10 Å². The fourth-order valence-corrected chi connectivity index (χ4v) is 1.49. The van der Waals surface area contributed by atoms with Crippen LogP contribution in [0, 0.1) is 11.3 Å². The maximum atomic E-state index is 8.74. The molecular weight excluding hydrogens is 178 g/mol. The smallest absolute Gasteiger partial charge is 0.106 e. The third-order valence-corrected chi connectivity index (χ3v) is 2.20. The summed E-state index contributed by atoms with van der Waals surface area (Å²) in [5, 5.41) is 8.74. The quantitative estimate of drug-likeness (QED) is 0.674. The van der Waals surface area contributed by atoms with Gasteiger partial charge in [0.2, 0.25) is 0 Å². The molecule has 72 valence electrons. The molecule has 1 aromatic carbocycles. The molecule has 1 aliphatic heterocycles. The van der Waals surface area contributed by atoms with Crippen molar-refractivity contribution < 1.29 is 9.47 Å². The number of rotatable bonds is 1. The molecule has 1 saturated heterocycles. The van der Waals surface area contributed by atoms with Crippen LogP contribution in [0.15, 0.2) is 24.3 Å². The van der Waals surface area contributed by atoms with Crippen molar-refractivity contribution in [1.29, 1.82) is 5.26 Å². The summed E-state index contributed by atoms with van der Waals surface area (Å²) >= 11 is 0. The van der Waals surface area contributed by atoms with Gasteiger partial charge in [-0.05, 0) is 17.7 Å². The predicted molar refractivity (Wildman–Crippen MR) is 50.7 cm³/mol. The van der Waals surface area contributed by atoms with Crippen LogP contribution in [0.2, 0.25) is 0 Å². The summed E-state index contributed by atoms with van der Waals surface area (Å²) < 4.78 is 10.8. The minimum atomic E-state index is -0.0166. The zero-order chi connectivity index (χ0) is 9.80. The highest BCUT2D eigenvalue weighted by molar-refractivity contribution is 5.33. The molecular formula is C11H11NO2. The largest absolute Gasteiger partial charge is 0.376 e. The minimum Gasteiger partial charge on any atom is -0.376 e. The van der Waals surface area contributed by atoms with Crippen LogP contribution in [-0.2, 0) is 9.47 Å². The third-order valence-electron chi connectivity index (χ3n) is 2.20. The second-order valence-corrected chi connectivity index (χ2v) is 3.17. The zero-order valence-electron chi connectivity index (χ0n) is 7.77. The Labute approximate surface area is 82.9 Å². The van der Waals surface area contributed by atoms with E-state index >= 15 is 0 Å². The lowest BCUT2D eigenvalue weighted by molar-refractivity contribution is -0.0901. The molecule has 1 heterocycles. The van der Waals surface area contributed by atoms with Crippen molar-refractivity contribution in [2.45, 2.75) is 6.10 Å². The van der Waals surface area contributed by atoms with Gasteiger partial charge in [0, 0.05) is 0 Å². The average Bonchev–Trinajstić information content (AvgIpc) is 2.30. The van der Waals surface area contributed by atoms with Crippen molar-refractivity contribution in [2.24, 2.45) is 0 Å². The summed E-state index contributed by atoms with van der Waals surface area (Å²) in [6.45, 7) is 1.87. The fraction of sp³-hybridized carbons (Fsp3) is 0.364. The molecule has 0 aromatic heterocycles. The number of hydrogen-bond acceptors (Lipinski definition) is 3. The van der Waals surface area contributed by atoms with Gasteiger partial charge >= 0.3 is 0 Å². The second-order valence-electron chi connectivity index (χ2n) is 3.17. The van der Waals surface area contributed by atoms with E-state index in [0.717, 1.165) is 5.56 Å². The van der Waals surface area contributed by atoms with Crippen LogP contribution in [0.1, 0.15) is 17.2 Å². The maximum Gasteiger partial charge on any atom is 0.106 e. The average molecular weight is 189 g/mol. The Kier molecular flexibility index (Phi) is 2.78. The Hall–Kier alpha value is -1.37. The predicted octanol–water partition coefficient (Wildman–Crippen LogP) is 1.65. The zero-order valence-corrected chi connectivity index (χ0v) is 7.77. The first-order valence-corrected chi connectivity index (χ1v) is 4.59. The molecule has 0 aliphatic carbocycles. The van der Waals surface area contributed by atoms with Crippen molar-refractivity contribution in [1.82, 2.24) is 0 Å². The molecule has 0 bridgehead atoms. The summed E-state index contributed by atoms with van der Waals surface area (Å²) in [4.78, 5) is 0. The van der Waals surface area contributed by atoms with Crippen molar-refractivity contribution in [3.8, 4) is 6.07 Å². The van der Waals surface area contributed by atoms with Crippen molar-refractivity contribution in [3.63, 3.8) is 0 Å². The Morgan fingerprint density at radius 3 is 3.00 bits per heavy atom. The van der Waals surface area contributed by atoms with Gasteiger partial charge in [0.15, 0.2) is 0 Å². The number of hydrogen-bond donors (Lipinski definition) is 0. The van der Waals surface area contributed by atoms with E-state index in [9.17, 15) is 0 Å². The van der Waals surface area contributed by atoms with Gasteiger partial charge in [-0.1, -0.05) is 12.1 Å². The number of ether oxygens (including phenoxy) is 2. The summed E-state index contributed by atoms with van der Waals surface area (Å²) in [6, 6.07) is 9.57. The fourth-order valence-electron chi connectivity index (χ4n) is 1.49. The first kappa shape index (κ1) is 9.20. The summed E-state index contributed by atoms with van der Waals surface area (Å²) in [6.07, 6.45) is -0.0166. The third kappa shape index (κ3) is 1.92. The SMILES string of the molecule is N#Cc1cccc(C2COCCO2)c1. The van der Waals surface area contributed by atoms with Crippen molar-refractivity contribution in [3.05, 3.63) is 35.4 Å². The molecule has 0 saturated carbocycles. The lowest BCUT2D eigenvalue weighted by atomic mass is 10.1. The molecule has 2 rings (SSSR count). The van der Waals surface area contributed by atoms with Gasteiger partial charge in [-0.15, -0.1) is 0 Å². The highest BCUT2D eigenvalue weighted by Crippen LogP contribution is 2.21. The van der Waals surface area contributed by atoms with Crippen LogP contribution in [0.25, 0.3) is 0 Å². The Morgan fingerprint density at radius 1 is 1.36 bits per heavy atom. The van der Waals surface area contributed by atoms with Gasteiger partial charge in [-0.2, -0.15) is 5.26 Å². The number of nitriles is 1. The van der Waals surface area contributed by atoms with Gasteiger partial charge < -0.3 is 9.47 Å². The maximum absolute atomic E-state index is 8.74. The monoisotopic (exact) mass is 189 g/mol. The highest BCUT2D eigenvalue weighted by atomic mass is 16.6. The molecule has 3 heteroatoms. The van der Waals surface area contributed by atoms with Gasteiger partial charge in [-0.3, -0.25) is 0 Å². The Bertz CT molecular complexity index is 351. The summed E-state index contributed by atoms with van der Waals surface area (Å²) in [5.74, 6) is 0. The van der Waals surface area contributed by atoms with E-state index in [2.05, 4.69) is 6.07 Å².